The molecule has 0 spiro atoms. The molecule has 1 heterocycles. The van der Waals surface area contributed by atoms with Gasteiger partial charge in [0.1, 0.15) is 12.4 Å². The smallest absolute Gasteiger partial charge is 0.191 e. The number of H-pyrrole nitrogens is 1. The van der Waals surface area contributed by atoms with Gasteiger partial charge in [0, 0.05) is 12.1 Å². The zero-order valence-corrected chi connectivity index (χ0v) is 11.8. The van der Waals surface area contributed by atoms with Crippen LogP contribution in [0, 0.1) is 0 Å². The molecule has 0 amide bonds. The van der Waals surface area contributed by atoms with E-state index in [-0.39, 0.29) is 6.04 Å². The molecule has 0 aliphatic heterocycles. The summed E-state index contributed by atoms with van der Waals surface area (Å²) in [7, 11) is 0. The van der Waals surface area contributed by atoms with Crippen molar-refractivity contribution >= 4 is 0 Å². The minimum absolute atomic E-state index is 0.0166. The fourth-order valence-electron chi connectivity index (χ4n) is 1.70. The standard InChI is InChI=1S/C14H19N5O/c1-10(2)9-20-13-7-5-4-6-12(13)8-15-11(3)14-16-18-19-17-14/h4-7,11,15H,1,8-9H2,2-3H3,(H,16,17,18,19)/t11-/m1/s1. The molecule has 0 fully saturated rings. The van der Waals surface area contributed by atoms with Crippen molar-refractivity contribution in [3.05, 3.63) is 47.8 Å². The molecule has 6 nitrogen and oxygen atoms in total. The lowest BCUT2D eigenvalue weighted by Crippen LogP contribution is -2.19. The Morgan fingerprint density at radius 2 is 2.25 bits per heavy atom. The van der Waals surface area contributed by atoms with Gasteiger partial charge in [0.25, 0.3) is 0 Å². The van der Waals surface area contributed by atoms with Crippen LogP contribution in [0.3, 0.4) is 0 Å². The van der Waals surface area contributed by atoms with Crippen molar-refractivity contribution in [1.29, 1.82) is 0 Å². The monoisotopic (exact) mass is 273 g/mol. The maximum atomic E-state index is 5.73. The molecule has 2 aromatic rings. The van der Waals surface area contributed by atoms with Crippen LogP contribution in [0.2, 0.25) is 0 Å². The molecular formula is C14H19N5O. The molecule has 0 bridgehead atoms. The van der Waals surface area contributed by atoms with E-state index in [1.165, 1.54) is 0 Å². The van der Waals surface area contributed by atoms with Gasteiger partial charge in [-0.05, 0) is 25.5 Å². The van der Waals surface area contributed by atoms with Gasteiger partial charge >= 0.3 is 0 Å². The zero-order valence-electron chi connectivity index (χ0n) is 11.8. The van der Waals surface area contributed by atoms with Crippen molar-refractivity contribution in [2.75, 3.05) is 6.61 Å². The molecular weight excluding hydrogens is 254 g/mol. The van der Waals surface area contributed by atoms with E-state index in [1.54, 1.807) is 0 Å². The summed E-state index contributed by atoms with van der Waals surface area (Å²) in [6.45, 7) is 8.97. The van der Waals surface area contributed by atoms with Crippen LogP contribution in [0.25, 0.3) is 0 Å². The Hall–Kier alpha value is -2.21. The van der Waals surface area contributed by atoms with Gasteiger partial charge in [-0.3, -0.25) is 0 Å². The quantitative estimate of drug-likeness (QED) is 0.755. The lowest BCUT2D eigenvalue weighted by Gasteiger charge is -2.14. The molecule has 1 atom stereocenters. The number of tetrazole rings is 1. The van der Waals surface area contributed by atoms with Crippen molar-refractivity contribution in [2.24, 2.45) is 0 Å². The molecule has 2 N–H and O–H groups in total. The van der Waals surface area contributed by atoms with Crippen LogP contribution in [0.15, 0.2) is 36.4 Å². The van der Waals surface area contributed by atoms with Gasteiger partial charge in [0.2, 0.25) is 0 Å². The lowest BCUT2D eigenvalue weighted by atomic mass is 10.2. The average molecular weight is 273 g/mol. The highest BCUT2D eigenvalue weighted by Gasteiger charge is 2.10. The normalized spacial score (nSPS) is 12.1. The van der Waals surface area contributed by atoms with Crippen LogP contribution in [0.4, 0.5) is 0 Å². The number of benzene rings is 1. The molecule has 1 aromatic carbocycles. The Morgan fingerprint density at radius 3 is 2.95 bits per heavy atom. The van der Waals surface area contributed by atoms with Crippen molar-refractivity contribution in [2.45, 2.75) is 26.4 Å². The second-order valence-corrected chi connectivity index (χ2v) is 4.73. The van der Waals surface area contributed by atoms with E-state index in [4.69, 9.17) is 4.74 Å². The van der Waals surface area contributed by atoms with Gasteiger partial charge in [-0.25, -0.2) is 0 Å². The Balaban J connectivity index is 1.96. The highest BCUT2D eigenvalue weighted by Crippen LogP contribution is 2.19. The number of nitrogens with one attached hydrogen (secondary N) is 2. The van der Waals surface area contributed by atoms with Crippen LogP contribution in [-0.2, 0) is 6.54 Å². The van der Waals surface area contributed by atoms with E-state index in [0.29, 0.717) is 19.0 Å². The van der Waals surface area contributed by atoms with Gasteiger partial charge in [-0.15, -0.1) is 10.2 Å². The molecule has 0 saturated heterocycles. The van der Waals surface area contributed by atoms with E-state index in [0.717, 1.165) is 16.9 Å². The first kappa shape index (κ1) is 14.2. The van der Waals surface area contributed by atoms with Crippen LogP contribution in [0.5, 0.6) is 5.75 Å². The number of nitrogens with zero attached hydrogens (tertiary/aromatic N) is 3. The SMILES string of the molecule is C=C(C)COc1ccccc1CN[C@H](C)c1nn[nH]n1. The Kier molecular flexibility index (Phi) is 4.84. The largest absolute Gasteiger partial charge is 0.489 e. The van der Waals surface area contributed by atoms with E-state index in [1.807, 2.05) is 38.1 Å². The van der Waals surface area contributed by atoms with Crippen LogP contribution in [0.1, 0.15) is 31.3 Å². The topological polar surface area (TPSA) is 75.7 Å². The number of aromatic amines is 1. The summed E-state index contributed by atoms with van der Waals surface area (Å²) >= 11 is 0. The third-order valence-electron chi connectivity index (χ3n) is 2.79. The van der Waals surface area contributed by atoms with Crippen LogP contribution in [-0.4, -0.2) is 27.2 Å². The second-order valence-electron chi connectivity index (χ2n) is 4.73. The van der Waals surface area contributed by atoms with Crippen molar-refractivity contribution in [3.63, 3.8) is 0 Å². The van der Waals surface area contributed by atoms with Crippen LogP contribution < -0.4 is 10.1 Å². The number of ether oxygens (including phenoxy) is 1. The minimum atomic E-state index is 0.0166. The minimum Gasteiger partial charge on any atom is -0.489 e. The first-order valence-electron chi connectivity index (χ1n) is 6.48. The summed E-state index contributed by atoms with van der Waals surface area (Å²) in [6, 6.07) is 7.95. The van der Waals surface area contributed by atoms with Gasteiger partial charge < -0.3 is 10.1 Å². The third kappa shape index (κ3) is 3.89. The van der Waals surface area contributed by atoms with Gasteiger partial charge in [0.15, 0.2) is 5.82 Å². The predicted octanol–water partition coefficient (Wildman–Crippen LogP) is 2.01. The van der Waals surface area contributed by atoms with E-state index < -0.39 is 0 Å². The molecule has 0 unspecified atom stereocenters. The fourth-order valence-corrected chi connectivity index (χ4v) is 1.70. The maximum absolute atomic E-state index is 5.73. The molecule has 0 radical (unpaired) electrons. The molecule has 106 valence electrons. The summed E-state index contributed by atoms with van der Waals surface area (Å²) in [4.78, 5) is 0. The number of rotatable bonds is 7. The van der Waals surface area contributed by atoms with Gasteiger partial charge in [0.05, 0.1) is 6.04 Å². The van der Waals surface area contributed by atoms with E-state index in [9.17, 15) is 0 Å². The Morgan fingerprint density at radius 1 is 1.45 bits per heavy atom. The lowest BCUT2D eigenvalue weighted by molar-refractivity contribution is 0.346. The highest BCUT2D eigenvalue weighted by atomic mass is 16.5. The first-order valence-corrected chi connectivity index (χ1v) is 6.48. The van der Waals surface area contributed by atoms with E-state index >= 15 is 0 Å². The summed E-state index contributed by atoms with van der Waals surface area (Å²) in [5.41, 5.74) is 2.08. The summed E-state index contributed by atoms with van der Waals surface area (Å²) in [5, 5.41) is 17.3. The summed E-state index contributed by atoms with van der Waals surface area (Å²) < 4.78 is 5.73. The van der Waals surface area contributed by atoms with Crippen LogP contribution >= 0.6 is 0 Å². The van der Waals surface area contributed by atoms with Crippen molar-refractivity contribution < 1.29 is 4.74 Å². The van der Waals surface area contributed by atoms with Gasteiger partial charge in [-0.2, -0.15) is 5.21 Å². The maximum Gasteiger partial charge on any atom is 0.191 e. The number of hydrogen-bond acceptors (Lipinski definition) is 5. The second kappa shape index (κ2) is 6.81. The molecule has 6 heteroatoms. The highest BCUT2D eigenvalue weighted by molar-refractivity contribution is 5.33. The van der Waals surface area contributed by atoms with E-state index in [2.05, 4.69) is 32.5 Å². The predicted molar refractivity (Wildman–Crippen MR) is 76.2 cm³/mol. The third-order valence-corrected chi connectivity index (χ3v) is 2.79. The number of hydrogen-bond donors (Lipinski definition) is 2. The fraction of sp³-hybridized carbons (Fsp3) is 0.357. The van der Waals surface area contributed by atoms with Gasteiger partial charge in [-0.1, -0.05) is 30.0 Å². The molecule has 0 aliphatic rings. The molecule has 20 heavy (non-hydrogen) atoms. The average Bonchev–Trinajstić information content (AvgIpc) is 2.97. The van der Waals surface area contributed by atoms with Crippen molar-refractivity contribution in [1.82, 2.24) is 25.9 Å². The Labute approximate surface area is 118 Å². The molecule has 2 rings (SSSR count). The first-order chi connectivity index (χ1) is 9.66. The molecule has 0 saturated carbocycles. The number of aromatic nitrogens is 4. The Bertz CT molecular complexity index is 552. The number of para-hydroxylation sites is 1. The molecule has 1 aromatic heterocycles. The van der Waals surface area contributed by atoms with Crippen molar-refractivity contribution in [3.8, 4) is 5.75 Å². The zero-order chi connectivity index (χ0) is 14.4. The molecule has 0 aliphatic carbocycles. The summed E-state index contributed by atoms with van der Waals surface area (Å²) in [6.07, 6.45) is 0. The summed E-state index contributed by atoms with van der Waals surface area (Å²) in [5.74, 6) is 1.51.